The molecule has 0 bridgehead atoms. The summed E-state index contributed by atoms with van der Waals surface area (Å²) < 4.78 is 23.6. The van der Waals surface area contributed by atoms with Gasteiger partial charge in [0.05, 0.1) is 10.4 Å². The predicted molar refractivity (Wildman–Crippen MR) is 99.6 cm³/mol. The minimum absolute atomic E-state index is 0.253. The van der Waals surface area contributed by atoms with Crippen molar-refractivity contribution in [2.24, 2.45) is 0 Å². The van der Waals surface area contributed by atoms with Crippen LogP contribution in [0.3, 0.4) is 0 Å². The molecular formula is C17H17N3O2S2. The van der Waals surface area contributed by atoms with Gasteiger partial charge in [0, 0.05) is 23.1 Å². The number of benzene rings is 2. The largest absolute Gasteiger partial charge is 0.340 e. The molecule has 3 aromatic rings. The first kappa shape index (κ1) is 16.7. The Morgan fingerprint density at radius 1 is 1.08 bits per heavy atom. The molecule has 0 amide bonds. The van der Waals surface area contributed by atoms with Crippen molar-refractivity contribution in [3.05, 3.63) is 54.4 Å². The van der Waals surface area contributed by atoms with Crippen molar-refractivity contribution in [1.29, 1.82) is 0 Å². The first-order valence-electron chi connectivity index (χ1n) is 7.27. The normalized spacial score (nSPS) is 11.6. The van der Waals surface area contributed by atoms with Crippen LogP contribution in [0.25, 0.3) is 10.9 Å². The average molecular weight is 359 g/mol. The van der Waals surface area contributed by atoms with Crippen LogP contribution in [0.5, 0.6) is 0 Å². The lowest BCUT2D eigenvalue weighted by Gasteiger charge is -2.10. The lowest BCUT2D eigenvalue weighted by Crippen LogP contribution is -2.00. The molecule has 1 heterocycles. The summed E-state index contributed by atoms with van der Waals surface area (Å²) in [6, 6.07) is 13.0. The highest BCUT2D eigenvalue weighted by atomic mass is 32.2. The molecule has 0 radical (unpaired) electrons. The first-order chi connectivity index (χ1) is 11.5. The minimum atomic E-state index is -3.28. The lowest BCUT2D eigenvalue weighted by atomic mass is 10.2. The van der Waals surface area contributed by atoms with E-state index < -0.39 is 9.84 Å². The van der Waals surface area contributed by atoms with Gasteiger partial charge >= 0.3 is 0 Å². The fourth-order valence-electron chi connectivity index (χ4n) is 2.35. The molecule has 1 aromatic heterocycles. The maximum atomic E-state index is 11.8. The third-order valence-electron chi connectivity index (χ3n) is 3.56. The van der Waals surface area contributed by atoms with Crippen molar-refractivity contribution < 1.29 is 8.42 Å². The van der Waals surface area contributed by atoms with Crippen LogP contribution >= 0.6 is 11.8 Å². The molecule has 2 aromatic carbocycles. The smallest absolute Gasteiger partial charge is 0.175 e. The molecule has 0 spiro atoms. The van der Waals surface area contributed by atoms with Gasteiger partial charge in [-0.1, -0.05) is 12.1 Å². The van der Waals surface area contributed by atoms with E-state index in [-0.39, 0.29) is 4.90 Å². The molecule has 3 rings (SSSR count). The predicted octanol–water partition coefficient (Wildman–Crippen LogP) is 3.64. The van der Waals surface area contributed by atoms with Gasteiger partial charge in [0.25, 0.3) is 0 Å². The van der Waals surface area contributed by atoms with Gasteiger partial charge < -0.3 is 5.32 Å². The highest BCUT2D eigenvalue weighted by Gasteiger charge is 2.11. The van der Waals surface area contributed by atoms with Gasteiger partial charge in [0.2, 0.25) is 0 Å². The Kier molecular flexibility index (Phi) is 4.73. The fourth-order valence-corrected chi connectivity index (χ4v) is 3.53. The van der Waals surface area contributed by atoms with Crippen LogP contribution in [0.15, 0.2) is 53.7 Å². The molecule has 0 aliphatic carbocycles. The van der Waals surface area contributed by atoms with Crippen LogP contribution in [0.4, 0.5) is 11.5 Å². The highest BCUT2D eigenvalue weighted by Crippen LogP contribution is 2.26. The van der Waals surface area contributed by atoms with Crippen molar-refractivity contribution in [3.8, 4) is 0 Å². The Bertz CT molecular complexity index is 971. The van der Waals surface area contributed by atoms with E-state index in [1.54, 1.807) is 30.0 Å². The number of rotatable bonds is 5. The summed E-state index contributed by atoms with van der Waals surface area (Å²) in [7, 11) is -3.28. The number of sulfone groups is 1. The zero-order valence-electron chi connectivity index (χ0n) is 13.4. The van der Waals surface area contributed by atoms with Gasteiger partial charge in [-0.15, -0.1) is 0 Å². The number of aromatic nitrogens is 2. The van der Waals surface area contributed by atoms with Crippen molar-refractivity contribution in [3.63, 3.8) is 0 Å². The van der Waals surface area contributed by atoms with Crippen LogP contribution in [0, 0.1) is 0 Å². The number of fused-ring (bicyclic) bond motifs is 1. The molecule has 0 aliphatic rings. The standard InChI is InChI=1S/C17H17N3O2S2/c1-23-10-12-3-5-13(6-4-12)20-17-15-9-14(24(2,21)22)7-8-16(15)18-11-19-17/h3-9,11H,10H2,1-2H3,(H,18,19,20). The number of hydrogen-bond acceptors (Lipinski definition) is 6. The molecule has 0 saturated heterocycles. The van der Waals surface area contributed by atoms with Gasteiger partial charge in [0.15, 0.2) is 9.84 Å². The third kappa shape index (κ3) is 3.68. The average Bonchev–Trinajstić information content (AvgIpc) is 2.56. The summed E-state index contributed by atoms with van der Waals surface area (Å²) in [5, 5.41) is 3.92. The van der Waals surface area contributed by atoms with Gasteiger partial charge in [-0.2, -0.15) is 11.8 Å². The second kappa shape index (κ2) is 6.78. The molecule has 124 valence electrons. The molecule has 5 nitrogen and oxygen atoms in total. The number of nitrogens with zero attached hydrogens (tertiary/aromatic N) is 2. The Morgan fingerprint density at radius 2 is 1.83 bits per heavy atom. The summed E-state index contributed by atoms with van der Waals surface area (Å²) in [4.78, 5) is 8.71. The molecule has 7 heteroatoms. The number of nitrogens with one attached hydrogen (secondary N) is 1. The molecule has 24 heavy (non-hydrogen) atoms. The van der Waals surface area contributed by atoms with Crippen molar-refractivity contribution in [1.82, 2.24) is 9.97 Å². The first-order valence-corrected chi connectivity index (χ1v) is 10.6. The Balaban J connectivity index is 1.99. The summed E-state index contributed by atoms with van der Waals surface area (Å²) >= 11 is 1.77. The number of thioether (sulfide) groups is 1. The van der Waals surface area contributed by atoms with Gasteiger partial charge in [-0.3, -0.25) is 0 Å². The highest BCUT2D eigenvalue weighted by molar-refractivity contribution is 7.97. The Morgan fingerprint density at radius 3 is 2.50 bits per heavy atom. The maximum absolute atomic E-state index is 11.8. The molecular weight excluding hydrogens is 342 g/mol. The van der Waals surface area contributed by atoms with Crippen LogP contribution in [-0.2, 0) is 15.6 Å². The quantitative estimate of drug-likeness (QED) is 0.750. The number of anilines is 2. The second-order valence-corrected chi connectivity index (χ2v) is 8.31. The summed E-state index contributed by atoms with van der Waals surface area (Å²) in [6.07, 6.45) is 4.72. The molecule has 0 fully saturated rings. The molecule has 0 atom stereocenters. The van der Waals surface area contributed by atoms with Gasteiger partial charge in [-0.25, -0.2) is 18.4 Å². The van der Waals surface area contributed by atoms with Crippen LogP contribution in [-0.4, -0.2) is 30.9 Å². The van der Waals surface area contributed by atoms with E-state index in [1.807, 2.05) is 12.1 Å². The van der Waals surface area contributed by atoms with Crippen molar-refractivity contribution >= 4 is 44.0 Å². The van der Waals surface area contributed by atoms with Crippen LogP contribution in [0.2, 0.25) is 0 Å². The maximum Gasteiger partial charge on any atom is 0.175 e. The Hall–Kier alpha value is -2.12. The van der Waals surface area contributed by atoms with Crippen LogP contribution in [0.1, 0.15) is 5.56 Å². The van der Waals surface area contributed by atoms with E-state index >= 15 is 0 Å². The summed E-state index contributed by atoms with van der Waals surface area (Å²) in [6.45, 7) is 0. The SMILES string of the molecule is CSCc1ccc(Nc2ncnc3ccc(S(C)(=O)=O)cc23)cc1. The van der Waals surface area contributed by atoms with Crippen molar-refractivity contribution in [2.75, 3.05) is 17.8 Å². The molecule has 0 aliphatic heterocycles. The summed E-state index contributed by atoms with van der Waals surface area (Å²) in [5.41, 5.74) is 2.84. The minimum Gasteiger partial charge on any atom is -0.340 e. The van der Waals surface area contributed by atoms with E-state index in [9.17, 15) is 8.42 Å². The summed E-state index contributed by atoms with van der Waals surface area (Å²) in [5.74, 6) is 1.55. The van der Waals surface area contributed by atoms with E-state index in [1.165, 1.54) is 18.1 Å². The van der Waals surface area contributed by atoms with Crippen LogP contribution < -0.4 is 5.32 Å². The van der Waals surface area contributed by atoms with E-state index in [0.29, 0.717) is 16.7 Å². The van der Waals surface area contributed by atoms with E-state index in [0.717, 1.165) is 11.4 Å². The zero-order chi connectivity index (χ0) is 17.2. The molecule has 0 unspecified atom stereocenters. The fraction of sp³-hybridized carbons (Fsp3) is 0.176. The third-order valence-corrected chi connectivity index (χ3v) is 5.29. The van der Waals surface area contributed by atoms with Gasteiger partial charge in [-0.05, 0) is 42.2 Å². The zero-order valence-corrected chi connectivity index (χ0v) is 15.0. The number of hydrogen-bond donors (Lipinski definition) is 1. The topological polar surface area (TPSA) is 72.0 Å². The van der Waals surface area contributed by atoms with E-state index in [2.05, 4.69) is 33.7 Å². The van der Waals surface area contributed by atoms with E-state index in [4.69, 9.17) is 0 Å². The lowest BCUT2D eigenvalue weighted by molar-refractivity contribution is 0.602. The second-order valence-electron chi connectivity index (χ2n) is 5.43. The van der Waals surface area contributed by atoms with Crippen molar-refractivity contribution in [2.45, 2.75) is 10.6 Å². The molecule has 0 saturated carbocycles. The van der Waals surface area contributed by atoms with Gasteiger partial charge in [0.1, 0.15) is 12.1 Å². The molecule has 1 N–H and O–H groups in total. The Labute approximate surface area is 145 Å². The monoisotopic (exact) mass is 359 g/mol.